The van der Waals surface area contributed by atoms with Crippen molar-refractivity contribution in [2.75, 3.05) is 44.2 Å². The minimum atomic E-state index is 0.551. The summed E-state index contributed by atoms with van der Waals surface area (Å²) in [6.45, 7) is 4.75. The van der Waals surface area contributed by atoms with Crippen LogP contribution in [-0.2, 0) is 11.3 Å². The molecule has 1 aromatic rings. The topological polar surface area (TPSA) is 24.5 Å². The van der Waals surface area contributed by atoms with Crippen molar-refractivity contribution in [1.82, 2.24) is 5.32 Å². The number of rotatable bonds is 10. The first-order chi connectivity index (χ1) is 10.1. The van der Waals surface area contributed by atoms with E-state index in [4.69, 9.17) is 4.74 Å². The highest BCUT2D eigenvalue weighted by Gasteiger charge is 2.11. The number of ether oxygens (including phenoxy) is 1. The molecular weight excluding hydrogens is 348 g/mol. The molecule has 0 amide bonds. The summed E-state index contributed by atoms with van der Waals surface area (Å²) in [5.41, 5.74) is 2.54. The van der Waals surface area contributed by atoms with Crippen LogP contribution in [0.25, 0.3) is 0 Å². The molecule has 1 unspecified atom stereocenters. The van der Waals surface area contributed by atoms with Gasteiger partial charge in [-0.25, -0.2) is 0 Å². The minimum Gasteiger partial charge on any atom is -0.383 e. The molecule has 0 spiro atoms. The summed E-state index contributed by atoms with van der Waals surface area (Å²) in [7, 11) is 3.89. The van der Waals surface area contributed by atoms with Gasteiger partial charge in [0.1, 0.15) is 0 Å². The Morgan fingerprint density at radius 2 is 2.19 bits per heavy atom. The van der Waals surface area contributed by atoms with Crippen molar-refractivity contribution >= 4 is 33.4 Å². The monoisotopic (exact) mass is 374 g/mol. The predicted molar refractivity (Wildman–Crippen MR) is 98.6 cm³/mol. The molecule has 120 valence electrons. The predicted octanol–water partition coefficient (Wildman–Crippen LogP) is 3.76. The zero-order valence-corrected chi connectivity index (χ0v) is 15.9. The molecule has 5 heteroatoms. The number of benzene rings is 1. The summed E-state index contributed by atoms with van der Waals surface area (Å²) in [4.78, 5) is 2.35. The third kappa shape index (κ3) is 6.59. The van der Waals surface area contributed by atoms with Gasteiger partial charge in [0.25, 0.3) is 0 Å². The number of hydrogen-bond donors (Lipinski definition) is 1. The Labute approximate surface area is 141 Å². The molecule has 0 radical (unpaired) electrons. The second-order valence-corrected chi connectivity index (χ2v) is 7.03. The Bertz CT molecular complexity index is 417. The summed E-state index contributed by atoms with van der Waals surface area (Å²) >= 11 is 5.59. The van der Waals surface area contributed by atoms with Crippen LogP contribution in [0.2, 0.25) is 0 Å². The highest BCUT2D eigenvalue weighted by atomic mass is 79.9. The molecule has 21 heavy (non-hydrogen) atoms. The van der Waals surface area contributed by atoms with Crippen LogP contribution in [0.4, 0.5) is 5.69 Å². The van der Waals surface area contributed by atoms with Crippen molar-refractivity contribution in [2.24, 2.45) is 0 Å². The van der Waals surface area contributed by atoms with E-state index in [1.807, 2.05) is 11.8 Å². The lowest BCUT2D eigenvalue weighted by molar-refractivity contribution is 0.199. The van der Waals surface area contributed by atoms with E-state index in [1.54, 1.807) is 7.11 Å². The third-order valence-corrected chi connectivity index (χ3v) is 5.03. The normalized spacial score (nSPS) is 12.4. The summed E-state index contributed by atoms with van der Waals surface area (Å²) in [6, 6.07) is 7.16. The third-order valence-electron chi connectivity index (χ3n) is 3.64. The Morgan fingerprint density at radius 3 is 2.81 bits per heavy atom. The zero-order chi connectivity index (χ0) is 15.7. The quantitative estimate of drug-likeness (QED) is 0.630. The summed E-state index contributed by atoms with van der Waals surface area (Å²) in [5.74, 6) is 1.20. The first-order valence-corrected chi connectivity index (χ1v) is 9.48. The van der Waals surface area contributed by atoms with E-state index < -0.39 is 0 Å². The van der Waals surface area contributed by atoms with Crippen LogP contribution in [0.5, 0.6) is 0 Å². The van der Waals surface area contributed by atoms with Crippen LogP contribution in [0, 0.1) is 0 Å². The van der Waals surface area contributed by atoms with Gasteiger partial charge in [0.2, 0.25) is 0 Å². The fourth-order valence-electron chi connectivity index (χ4n) is 2.03. The molecule has 3 nitrogen and oxygen atoms in total. The van der Waals surface area contributed by atoms with Gasteiger partial charge in [-0.1, -0.05) is 22.0 Å². The highest BCUT2D eigenvalue weighted by Crippen LogP contribution is 2.25. The van der Waals surface area contributed by atoms with E-state index in [0.717, 1.165) is 24.2 Å². The first kappa shape index (κ1) is 18.8. The van der Waals surface area contributed by atoms with Gasteiger partial charge in [0, 0.05) is 43.4 Å². The van der Waals surface area contributed by atoms with Crippen molar-refractivity contribution in [2.45, 2.75) is 25.9 Å². The molecule has 0 aliphatic heterocycles. The van der Waals surface area contributed by atoms with E-state index in [2.05, 4.69) is 64.6 Å². The summed E-state index contributed by atoms with van der Waals surface area (Å²) in [5, 5.41) is 3.37. The maximum Gasteiger partial charge on any atom is 0.0587 e. The van der Waals surface area contributed by atoms with Gasteiger partial charge in [0.15, 0.2) is 0 Å². The largest absolute Gasteiger partial charge is 0.383 e. The van der Waals surface area contributed by atoms with E-state index in [0.29, 0.717) is 6.04 Å². The number of nitrogens with zero attached hydrogens (tertiary/aromatic N) is 1. The smallest absolute Gasteiger partial charge is 0.0587 e. The van der Waals surface area contributed by atoms with E-state index in [9.17, 15) is 0 Å². The van der Waals surface area contributed by atoms with E-state index in [1.165, 1.54) is 23.4 Å². The number of halogens is 1. The molecule has 0 saturated heterocycles. The van der Waals surface area contributed by atoms with Crippen LogP contribution in [0.3, 0.4) is 0 Å². The molecule has 1 N–H and O–H groups in total. The number of methoxy groups -OCH3 is 1. The molecule has 0 aliphatic rings. The number of hydrogen-bond acceptors (Lipinski definition) is 4. The second-order valence-electron chi connectivity index (χ2n) is 5.19. The highest BCUT2D eigenvalue weighted by molar-refractivity contribution is 9.10. The number of anilines is 1. The molecule has 0 saturated carbocycles. The van der Waals surface area contributed by atoms with Gasteiger partial charge < -0.3 is 15.0 Å². The van der Waals surface area contributed by atoms with Crippen molar-refractivity contribution in [3.63, 3.8) is 0 Å². The first-order valence-electron chi connectivity index (χ1n) is 7.30. The Morgan fingerprint density at radius 1 is 1.43 bits per heavy atom. The van der Waals surface area contributed by atoms with Gasteiger partial charge in [0.05, 0.1) is 6.61 Å². The molecular formula is C16H27BrN2OS. The maximum atomic E-state index is 5.04. The van der Waals surface area contributed by atoms with Crippen LogP contribution in [0.1, 0.15) is 18.9 Å². The number of nitrogens with one attached hydrogen (secondary N) is 1. The lowest BCUT2D eigenvalue weighted by Crippen LogP contribution is -2.29. The Balaban J connectivity index is 2.59. The van der Waals surface area contributed by atoms with Crippen molar-refractivity contribution in [1.29, 1.82) is 0 Å². The van der Waals surface area contributed by atoms with Crippen LogP contribution in [0.15, 0.2) is 22.7 Å². The van der Waals surface area contributed by atoms with Crippen LogP contribution >= 0.6 is 27.7 Å². The summed E-state index contributed by atoms with van der Waals surface area (Å²) in [6.07, 6.45) is 3.37. The molecule has 0 bridgehead atoms. The van der Waals surface area contributed by atoms with Crippen LogP contribution in [-0.4, -0.2) is 45.4 Å². The molecule has 1 atom stereocenters. The molecule has 0 aliphatic carbocycles. The standard InChI is InChI=1S/C16H27BrN2OS/c1-13(7-10-21-4)19(2)15-6-5-14(16(17)11-15)12-18-8-9-20-3/h5-6,11,13,18H,7-10,12H2,1-4H3. The lowest BCUT2D eigenvalue weighted by Gasteiger charge is -2.27. The SMILES string of the molecule is COCCNCc1ccc(N(C)C(C)CCSC)cc1Br. The van der Waals surface area contributed by atoms with Crippen molar-refractivity contribution in [3.8, 4) is 0 Å². The van der Waals surface area contributed by atoms with Gasteiger partial charge in [-0.2, -0.15) is 11.8 Å². The minimum absolute atomic E-state index is 0.551. The van der Waals surface area contributed by atoms with Gasteiger partial charge in [-0.05, 0) is 43.0 Å². The summed E-state index contributed by atoms with van der Waals surface area (Å²) < 4.78 is 6.20. The lowest BCUT2D eigenvalue weighted by atomic mass is 10.1. The molecule has 0 heterocycles. The Hall–Kier alpha value is -0.230. The fraction of sp³-hybridized carbons (Fsp3) is 0.625. The van der Waals surface area contributed by atoms with E-state index in [-0.39, 0.29) is 0 Å². The van der Waals surface area contributed by atoms with Gasteiger partial charge in [-0.15, -0.1) is 0 Å². The van der Waals surface area contributed by atoms with Crippen molar-refractivity contribution < 1.29 is 4.74 Å². The fourth-order valence-corrected chi connectivity index (χ4v) is 3.12. The average Bonchev–Trinajstić information content (AvgIpc) is 2.49. The molecule has 1 aromatic carbocycles. The second kappa shape index (κ2) is 10.5. The maximum absolute atomic E-state index is 5.04. The average molecular weight is 375 g/mol. The molecule has 0 fully saturated rings. The van der Waals surface area contributed by atoms with Gasteiger partial charge >= 0.3 is 0 Å². The van der Waals surface area contributed by atoms with E-state index >= 15 is 0 Å². The zero-order valence-electron chi connectivity index (χ0n) is 13.5. The van der Waals surface area contributed by atoms with Crippen molar-refractivity contribution in [3.05, 3.63) is 28.2 Å². The number of thioether (sulfide) groups is 1. The Kier molecular flexibility index (Phi) is 9.40. The molecule has 1 rings (SSSR count). The molecule has 0 aromatic heterocycles. The van der Waals surface area contributed by atoms with Gasteiger partial charge in [-0.3, -0.25) is 0 Å². The van der Waals surface area contributed by atoms with Crippen LogP contribution < -0.4 is 10.2 Å².